The molecule has 106 valence electrons. The Morgan fingerprint density at radius 1 is 1.44 bits per heavy atom. The minimum atomic E-state index is 0.243. The van der Waals surface area contributed by atoms with Gasteiger partial charge in [0.25, 0.3) is 0 Å². The second-order valence-corrected chi connectivity index (χ2v) is 5.72. The van der Waals surface area contributed by atoms with Crippen molar-refractivity contribution in [3.8, 4) is 0 Å². The average molecular weight is 254 g/mol. The molecule has 1 rings (SSSR count). The molecule has 1 heterocycles. The van der Waals surface area contributed by atoms with Crippen LogP contribution in [-0.4, -0.2) is 36.0 Å². The number of piperidine rings is 1. The SMILES string of the molecule is CCCCN(C(=O)C1CCNC(C)C1)C(C)CC. The third-order valence-corrected chi connectivity index (χ3v) is 4.13. The molecule has 0 spiro atoms. The number of nitrogens with one attached hydrogen (secondary N) is 1. The molecule has 0 aromatic carbocycles. The van der Waals surface area contributed by atoms with Gasteiger partial charge in [0.05, 0.1) is 0 Å². The number of hydrogen-bond acceptors (Lipinski definition) is 2. The number of nitrogens with zero attached hydrogens (tertiary/aromatic N) is 1. The fourth-order valence-electron chi connectivity index (χ4n) is 2.69. The lowest BCUT2D eigenvalue weighted by Gasteiger charge is -2.35. The molecule has 1 aliphatic rings. The van der Waals surface area contributed by atoms with Crippen molar-refractivity contribution >= 4 is 5.91 Å². The van der Waals surface area contributed by atoms with Crippen molar-refractivity contribution in [3.63, 3.8) is 0 Å². The Morgan fingerprint density at radius 3 is 2.72 bits per heavy atom. The maximum atomic E-state index is 12.6. The minimum Gasteiger partial charge on any atom is -0.340 e. The van der Waals surface area contributed by atoms with Crippen molar-refractivity contribution < 1.29 is 4.79 Å². The lowest BCUT2D eigenvalue weighted by molar-refractivity contribution is -0.139. The first-order chi connectivity index (χ1) is 8.60. The fourth-order valence-corrected chi connectivity index (χ4v) is 2.69. The van der Waals surface area contributed by atoms with E-state index in [4.69, 9.17) is 0 Å². The Balaban J connectivity index is 2.62. The summed E-state index contributed by atoms with van der Waals surface area (Å²) < 4.78 is 0. The molecule has 18 heavy (non-hydrogen) atoms. The summed E-state index contributed by atoms with van der Waals surface area (Å²) in [6, 6.07) is 0.867. The van der Waals surface area contributed by atoms with Gasteiger partial charge in [-0.05, 0) is 46.1 Å². The Bertz CT molecular complexity index is 255. The lowest BCUT2D eigenvalue weighted by atomic mass is 9.91. The molecule has 1 amide bonds. The van der Waals surface area contributed by atoms with Crippen LogP contribution < -0.4 is 5.32 Å². The van der Waals surface area contributed by atoms with Crippen LogP contribution in [0, 0.1) is 5.92 Å². The van der Waals surface area contributed by atoms with Crippen LogP contribution in [0.3, 0.4) is 0 Å². The maximum Gasteiger partial charge on any atom is 0.226 e. The van der Waals surface area contributed by atoms with Gasteiger partial charge in [-0.1, -0.05) is 20.3 Å². The van der Waals surface area contributed by atoms with Crippen molar-refractivity contribution in [1.29, 1.82) is 0 Å². The molecule has 1 saturated heterocycles. The van der Waals surface area contributed by atoms with Gasteiger partial charge in [-0.15, -0.1) is 0 Å². The molecule has 0 aromatic heterocycles. The molecule has 0 radical (unpaired) electrons. The molecule has 3 nitrogen and oxygen atoms in total. The van der Waals surface area contributed by atoms with E-state index in [-0.39, 0.29) is 5.92 Å². The van der Waals surface area contributed by atoms with Crippen molar-refractivity contribution in [2.45, 2.75) is 71.9 Å². The third-order valence-electron chi connectivity index (χ3n) is 4.13. The van der Waals surface area contributed by atoms with Crippen LogP contribution in [0.25, 0.3) is 0 Å². The van der Waals surface area contributed by atoms with E-state index in [0.717, 1.165) is 45.2 Å². The molecular weight excluding hydrogens is 224 g/mol. The summed E-state index contributed by atoms with van der Waals surface area (Å²) in [5, 5.41) is 3.42. The van der Waals surface area contributed by atoms with E-state index in [9.17, 15) is 4.79 Å². The van der Waals surface area contributed by atoms with Crippen LogP contribution in [0.2, 0.25) is 0 Å². The van der Waals surface area contributed by atoms with Crippen molar-refractivity contribution in [3.05, 3.63) is 0 Å². The minimum absolute atomic E-state index is 0.243. The van der Waals surface area contributed by atoms with E-state index in [1.54, 1.807) is 0 Å². The normalized spacial score (nSPS) is 25.8. The van der Waals surface area contributed by atoms with Crippen molar-refractivity contribution in [1.82, 2.24) is 10.2 Å². The number of carbonyl (C=O) groups is 1. The van der Waals surface area contributed by atoms with E-state index in [0.29, 0.717) is 18.0 Å². The van der Waals surface area contributed by atoms with E-state index in [1.165, 1.54) is 0 Å². The van der Waals surface area contributed by atoms with E-state index >= 15 is 0 Å². The van der Waals surface area contributed by atoms with E-state index in [1.807, 2.05) is 0 Å². The molecule has 3 heteroatoms. The van der Waals surface area contributed by atoms with Crippen molar-refractivity contribution in [2.75, 3.05) is 13.1 Å². The van der Waals surface area contributed by atoms with Crippen molar-refractivity contribution in [2.24, 2.45) is 5.92 Å². The number of amides is 1. The lowest BCUT2D eigenvalue weighted by Crippen LogP contribution is -2.47. The first-order valence-corrected chi connectivity index (χ1v) is 7.63. The largest absolute Gasteiger partial charge is 0.340 e. The molecule has 1 N–H and O–H groups in total. The monoisotopic (exact) mass is 254 g/mol. The summed E-state index contributed by atoms with van der Waals surface area (Å²) in [6.07, 6.45) is 5.33. The maximum absolute atomic E-state index is 12.6. The van der Waals surface area contributed by atoms with E-state index < -0.39 is 0 Å². The molecule has 1 aliphatic heterocycles. The predicted octanol–water partition coefficient (Wildman–Crippen LogP) is 2.80. The van der Waals surface area contributed by atoms with Crippen LogP contribution >= 0.6 is 0 Å². The van der Waals surface area contributed by atoms with Gasteiger partial charge in [0.1, 0.15) is 0 Å². The van der Waals surface area contributed by atoms with Gasteiger partial charge in [0.2, 0.25) is 5.91 Å². The van der Waals surface area contributed by atoms with Crippen LogP contribution in [0.1, 0.15) is 59.8 Å². The molecular formula is C15H30N2O. The van der Waals surface area contributed by atoms with Gasteiger partial charge in [-0.3, -0.25) is 4.79 Å². The summed E-state index contributed by atoms with van der Waals surface area (Å²) in [5.41, 5.74) is 0. The average Bonchev–Trinajstić information content (AvgIpc) is 2.38. The quantitative estimate of drug-likeness (QED) is 0.790. The highest BCUT2D eigenvalue weighted by Gasteiger charge is 2.29. The smallest absolute Gasteiger partial charge is 0.226 e. The van der Waals surface area contributed by atoms with Gasteiger partial charge < -0.3 is 10.2 Å². The van der Waals surface area contributed by atoms with Crippen LogP contribution in [0.5, 0.6) is 0 Å². The Labute approximate surface area is 112 Å². The molecule has 0 bridgehead atoms. The Kier molecular flexibility index (Phi) is 6.69. The van der Waals surface area contributed by atoms with Crippen LogP contribution in [0.4, 0.5) is 0 Å². The summed E-state index contributed by atoms with van der Waals surface area (Å²) in [5.74, 6) is 0.637. The second kappa shape index (κ2) is 7.78. The highest BCUT2D eigenvalue weighted by atomic mass is 16.2. The highest BCUT2D eigenvalue weighted by molar-refractivity contribution is 5.79. The van der Waals surface area contributed by atoms with Gasteiger partial charge >= 0.3 is 0 Å². The zero-order valence-electron chi connectivity index (χ0n) is 12.5. The molecule has 1 fully saturated rings. The number of rotatable bonds is 6. The summed E-state index contributed by atoms with van der Waals surface area (Å²) in [6.45, 7) is 10.6. The number of carbonyl (C=O) groups excluding carboxylic acids is 1. The van der Waals surface area contributed by atoms with Crippen LogP contribution in [0.15, 0.2) is 0 Å². The van der Waals surface area contributed by atoms with Gasteiger partial charge in [0.15, 0.2) is 0 Å². The topological polar surface area (TPSA) is 32.3 Å². The first kappa shape index (κ1) is 15.5. The number of hydrogen-bond donors (Lipinski definition) is 1. The summed E-state index contributed by atoms with van der Waals surface area (Å²) in [7, 11) is 0. The fraction of sp³-hybridized carbons (Fsp3) is 0.933. The van der Waals surface area contributed by atoms with Gasteiger partial charge in [0, 0.05) is 24.5 Å². The molecule has 0 aliphatic carbocycles. The third kappa shape index (κ3) is 4.27. The van der Waals surface area contributed by atoms with E-state index in [2.05, 4.69) is 37.9 Å². The summed E-state index contributed by atoms with van der Waals surface area (Å²) >= 11 is 0. The summed E-state index contributed by atoms with van der Waals surface area (Å²) in [4.78, 5) is 14.8. The zero-order chi connectivity index (χ0) is 13.5. The first-order valence-electron chi connectivity index (χ1n) is 7.63. The van der Waals surface area contributed by atoms with Gasteiger partial charge in [-0.2, -0.15) is 0 Å². The van der Waals surface area contributed by atoms with Crippen LogP contribution in [-0.2, 0) is 4.79 Å². The molecule has 0 saturated carbocycles. The second-order valence-electron chi connectivity index (χ2n) is 5.72. The molecule has 3 atom stereocenters. The molecule has 0 aromatic rings. The zero-order valence-corrected chi connectivity index (χ0v) is 12.5. The predicted molar refractivity (Wildman–Crippen MR) is 76.6 cm³/mol. The molecule has 3 unspecified atom stereocenters. The Morgan fingerprint density at radius 2 is 2.17 bits per heavy atom. The highest BCUT2D eigenvalue weighted by Crippen LogP contribution is 2.21. The number of unbranched alkanes of at least 4 members (excludes halogenated alkanes) is 1. The van der Waals surface area contributed by atoms with Gasteiger partial charge in [-0.25, -0.2) is 0 Å². The Hall–Kier alpha value is -0.570. The standard InChI is InChI=1S/C15H30N2O/c1-5-7-10-17(13(4)6-2)15(18)14-8-9-16-12(3)11-14/h12-14,16H,5-11H2,1-4H3.